The molecule has 0 amide bonds. The molecule has 1 heterocycles. The van der Waals surface area contributed by atoms with E-state index in [2.05, 4.69) is 11.6 Å². The Morgan fingerprint density at radius 2 is 1.77 bits per heavy atom. The maximum Gasteiger partial charge on any atom is 0.340 e. The summed E-state index contributed by atoms with van der Waals surface area (Å²) in [6.45, 7) is 5.88. The normalized spacial score (nSPS) is 10.4. The zero-order chi connectivity index (χ0) is 22.4. The smallest absolute Gasteiger partial charge is 0.340 e. The monoisotopic (exact) mass is 421 g/mol. The number of hydrogen-bond acceptors (Lipinski definition) is 7. The van der Waals surface area contributed by atoms with Crippen LogP contribution in [-0.2, 0) is 4.74 Å². The molecule has 3 rings (SSSR count). The van der Waals surface area contributed by atoms with Gasteiger partial charge in [0.15, 0.2) is 11.5 Å². The molecule has 0 saturated heterocycles. The Balaban J connectivity index is 2.18. The number of methoxy groups -OCH3 is 2. The van der Waals surface area contributed by atoms with Gasteiger partial charge in [0.2, 0.25) is 5.78 Å². The van der Waals surface area contributed by atoms with E-state index in [4.69, 9.17) is 18.9 Å². The highest BCUT2D eigenvalue weighted by Crippen LogP contribution is 2.35. The van der Waals surface area contributed by atoms with Crippen LogP contribution in [0.5, 0.6) is 17.2 Å². The molecule has 1 aromatic heterocycles. The lowest BCUT2D eigenvalue weighted by atomic mass is 9.99. The van der Waals surface area contributed by atoms with Crippen molar-refractivity contribution in [1.29, 1.82) is 0 Å². The standard InChI is InChI=1S/C24H23NO6/c1-5-10-31-16-9-7-8-15(11-16)23(26)22-18-13-21(29-4)20(28-3)12-17(18)19(14-25-22)24(27)30-6-2/h5,7-9,11-14H,1,6,10H2,2-4H3. The highest BCUT2D eigenvalue weighted by atomic mass is 16.5. The molecule has 0 aliphatic heterocycles. The average Bonchev–Trinajstić information content (AvgIpc) is 2.80. The van der Waals surface area contributed by atoms with Gasteiger partial charge in [0.25, 0.3) is 0 Å². The zero-order valence-electron chi connectivity index (χ0n) is 17.6. The van der Waals surface area contributed by atoms with Crippen molar-refractivity contribution < 1.29 is 28.5 Å². The lowest BCUT2D eigenvalue weighted by molar-refractivity contribution is 0.0528. The first-order valence-corrected chi connectivity index (χ1v) is 9.64. The number of ketones is 1. The average molecular weight is 421 g/mol. The fourth-order valence-electron chi connectivity index (χ4n) is 3.14. The third-order valence-corrected chi connectivity index (χ3v) is 4.57. The maximum atomic E-state index is 13.3. The van der Waals surface area contributed by atoms with Crippen molar-refractivity contribution in [2.24, 2.45) is 0 Å². The summed E-state index contributed by atoms with van der Waals surface area (Å²) in [6.07, 6.45) is 2.97. The van der Waals surface area contributed by atoms with Gasteiger partial charge in [-0.05, 0) is 31.2 Å². The van der Waals surface area contributed by atoms with E-state index < -0.39 is 5.97 Å². The van der Waals surface area contributed by atoms with Crippen LogP contribution in [0.15, 0.2) is 55.3 Å². The van der Waals surface area contributed by atoms with Gasteiger partial charge in [-0.2, -0.15) is 0 Å². The molecule has 0 unspecified atom stereocenters. The van der Waals surface area contributed by atoms with Crippen molar-refractivity contribution in [3.63, 3.8) is 0 Å². The summed E-state index contributed by atoms with van der Waals surface area (Å²) in [6, 6.07) is 10.1. The first-order chi connectivity index (χ1) is 15.0. The number of pyridine rings is 1. The van der Waals surface area contributed by atoms with Crippen molar-refractivity contribution >= 4 is 22.5 Å². The highest BCUT2D eigenvalue weighted by Gasteiger charge is 2.22. The second kappa shape index (κ2) is 9.75. The number of benzene rings is 2. The van der Waals surface area contributed by atoms with Crippen LogP contribution >= 0.6 is 0 Å². The van der Waals surface area contributed by atoms with Gasteiger partial charge in [-0.1, -0.05) is 24.8 Å². The molecule has 0 radical (unpaired) electrons. The van der Waals surface area contributed by atoms with Gasteiger partial charge in [-0.3, -0.25) is 9.78 Å². The fourth-order valence-corrected chi connectivity index (χ4v) is 3.14. The van der Waals surface area contributed by atoms with Gasteiger partial charge in [0.05, 0.1) is 26.4 Å². The van der Waals surface area contributed by atoms with Crippen molar-refractivity contribution in [1.82, 2.24) is 4.98 Å². The molecule has 31 heavy (non-hydrogen) atoms. The number of carbonyl (C=O) groups excluding carboxylic acids is 2. The number of carbonyl (C=O) groups is 2. The minimum atomic E-state index is -0.536. The van der Waals surface area contributed by atoms with Gasteiger partial charge < -0.3 is 18.9 Å². The molecule has 7 nitrogen and oxygen atoms in total. The molecule has 0 saturated carbocycles. The zero-order valence-corrected chi connectivity index (χ0v) is 17.6. The Kier molecular flexibility index (Phi) is 6.87. The van der Waals surface area contributed by atoms with Gasteiger partial charge in [-0.15, -0.1) is 0 Å². The lowest BCUT2D eigenvalue weighted by Gasteiger charge is -2.14. The number of nitrogens with zero attached hydrogens (tertiary/aromatic N) is 1. The Morgan fingerprint density at radius 1 is 1.06 bits per heavy atom. The summed E-state index contributed by atoms with van der Waals surface area (Å²) in [7, 11) is 2.99. The topological polar surface area (TPSA) is 84.0 Å². The molecule has 0 aliphatic rings. The van der Waals surface area contributed by atoms with E-state index in [1.807, 2.05) is 0 Å². The number of rotatable bonds is 9. The maximum absolute atomic E-state index is 13.3. The number of ether oxygens (including phenoxy) is 4. The van der Waals surface area contributed by atoms with Crippen LogP contribution in [0.25, 0.3) is 10.8 Å². The van der Waals surface area contributed by atoms with Gasteiger partial charge in [0.1, 0.15) is 18.1 Å². The van der Waals surface area contributed by atoms with Gasteiger partial charge in [0, 0.05) is 22.5 Å². The van der Waals surface area contributed by atoms with Crippen molar-refractivity contribution in [3.05, 3.63) is 72.1 Å². The number of hydrogen-bond donors (Lipinski definition) is 0. The van der Waals surface area contributed by atoms with Crippen LogP contribution in [0.1, 0.15) is 33.3 Å². The molecule has 160 valence electrons. The molecule has 0 fully saturated rings. The van der Waals surface area contributed by atoms with E-state index in [0.717, 1.165) is 0 Å². The number of esters is 1. The number of fused-ring (bicyclic) bond motifs is 1. The highest BCUT2D eigenvalue weighted by molar-refractivity contribution is 6.18. The predicted octanol–water partition coefficient (Wildman–Crippen LogP) is 4.22. The van der Waals surface area contributed by atoms with Gasteiger partial charge in [-0.25, -0.2) is 4.79 Å². The molecule has 0 bridgehead atoms. The largest absolute Gasteiger partial charge is 0.493 e. The van der Waals surface area contributed by atoms with Crippen molar-refractivity contribution in [2.45, 2.75) is 6.92 Å². The summed E-state index contributed by atoms with van der Waals surface area (Å²) < 4.78 is 21.4. The molecule has 0 spiro atoms. The lowest BCUT2D eigenvalue weighted by Crippen LogP contribution is -2.11. The van der Waals surface area contributed by atoms with Crippen LogP contribution < -0.4 is 14.2 Å². The summed E-state index contributed by atoms with van der Waals surface area (Å²) in [5.74, 6) is 0.514. The Hall–Kier alpha value is -3.87. The molecule has 3 aromatic rings. The fraction of sp³-hybridized carbons (Fsp3) is 0.208. The van der Waals surface area contributed by atoms with E-state index >= 15 is 0 Å². The number of aromatic nitrogens is 1. The molecule has 0 atom stereocenters. The molecule has 0 N–H and O–H groups in total. The first-order valence-electron chi connectivity index (χ1n) is 9.64. The summed E-state index contributed by atoms with van der Waals surface area (Å²) in [5.41, 5.74) is 0.802. The van der Waals surface area contributed by atoms with Gasteiger partial charge >= 0.3 is 5.97 Å². The van der Waals surface area contributed by atoms with Crippen molar-refractivity contribution in [2.75, 3.05) is 27.4 Å². The molecule has 0 aliphatic carbocycles. The molecular weight excluding hydrogens is 398 g/mol. The van der Waals surface area contributed by atoms with E-state index in [9.17, 15) is 9.59 Å². The first kappa shape index (κ1) is 21.8. The predicted molar refractivity (Wildman–Crippen MR) is 116 cm³/mol. The summed E-state index contributed by atoms with van der Waals surface area (Å²) in [5, 5.41) is 0.930. The second-order valence-electron chi connectivity index (χ2n) is 6.45. The van der Waals surface area contributed by atoms with Crippen molar-refractivity contribution in [3.8, 4) is 17.2 Å². The van der Waals surface area contributed by atoms with E-state index in [0.29, 0.717) is 40.2 Å². The van der Waals surface area contributed by atoms with Crippen LogP contribution in [0, 0.1) is 0 Å². The Labute approximate surface area is 180 Å². The van der Waals surface area contributed by atoms with E-state index in [1.165, 1.54) is 20.4 Å². The molecule has 7 heteroatoms. The molecular formula is C24H23NO6. The summed E-state index contributed by atoms with van der Waals surface area (Å²) >= 11 is 0. The second-order valence-corrected chi connectivity index (χ2v) is 6.45. The quantitative estimate of drug-likeness (QED) is 0.290. The minimum absolute atomic E-state index is 0.171. The van der Waals surface area contributed by atoms with Crippen LogP contribution in [0.3, 0.4) is 0 Å². The van der Waals surface area contributed by atoms with Crippen LogP contribution in [-0.4, -0.2) is 44.2 Å². The van der Waals surface area contributed by atoms with E-state index in [-0.39, 0.29) is 23.6 Å². The minimum Gasteiger partial charge on any atom is -0.493 e. The van der Waals surface area contributed by atoms with Crippen LogP contribution in [0.4, 0.5) is 0 Å². The third kappa shape index (κ3) is 4.50. The summed E-state index contributed by atoms with van der Waals surface area (Å²) in [4.78, 5) is 30.1. The van der Waals surface area contributed by atoms with Crippen LogP contribution in [0.2, 0.25) is 0 Å². The van der Waals surface area contributed by atoms with E-state index in [1.54, 1.807) is 49.4 Å². The Bertz CT molecular complexity index is 1140. The third-order valence-electron chi connectivity index (χ3n) is 4.57. The SMILES string of the molecule is C=CCOc1cccc(C(=O)c2ncc(C(=O)OCC)c3cc(OC)c(OC)cc23)c1. The Morgan fingerprint density at radius 3 is 2.42 bits per heavy atom. The molecule has 2 aromatic carbocycles.